The number of hydrogen-bond donors (Lipinski definition) is 2. The largest absolute Gasteiger partial charge is 0.396 e. The average molecular weight is 316 g/mol. The molecule has 1 aromatic rings. The fourth-order valence-electron chi connectivity index (χ4n) is 3.43. The fourth-order valence-corrected chi connectivity index (χ4v) is 3.43. The summed E-state index contributed by atoms with van der Waals surface area (Å²) < 4.78 is 0. The highest BCUT2D eigenvalue weighted by atomic mass is 16.3. The number of rotatable bonds is 5. The van der Waals surface area contributed by atoms with E-state index in [1.807, 2.05) is 24.3 Å². The molecule has 124 valence electrons. The van der Waals surface area contributed by atoms with Crippen LogP contribution in [0.2, 0.25) is 0 Å². The standard InChI is InChI=1S/C18H24N2O3/c1-12(22)20-11-15-5-3-2-4-14(15)10-17(20)18(23)19-16(8-9-21)13-6-7-13/h2-5,13,16-17,21H,6-11H2,1H3,(H,19,23). The summed E-state index contributed by atoms with van der Waals surface area (Å²) in [4.78, 5) is 26.4. The third-order valence-electron chi connectivity index (χ3n) is 4.91. The Morgan fingerprint density at radius 1 is 1.30 bits per heavy atom. The van der Waals surface area contributed by atoms with Gasteiger partial charge in [-0.25, -0.2) is 0 Å². The summed E-state index contributed by atoms with van der Waals surface area (Å²) in [5.74, 6) is 0.303. The van der Waals surface area contributed by atoms with Gasteiger partial charge < -0.3 is 15.3 Å². The molecule has 0 saturated heterocycles. The van der Waals surface area contributed by atoms with Crippen molar-refractivity contribution in [3.8, 4) is 0 Å². The topological polar surface area (TPSA) is 69.6 Å². The van der Waals surface area contributed by atoms with E-state index in [1.165, 1.54) is 6.92 Å². The van der Waals surface area contributed by atoms with Crippen LogP contribution in [0.25, 0.3) is 0 Å². The van der Waals surface area contributed by atoms with Gasteiger partial charge in [-0.05, 0) is 36.3 Å². The van der Waals surface area contributed by atoms with Crippen LogP contribution >= 0.6 is 0 Å². The SMILES string of the molecule is CC(=O)N1Cc2ccccc2CC1C(=O)NC(CCO)C1CC1. The van der Waals surface area contributed by atoms with Gasteiger partial charge in [0, 0.05) is 32.5 Å². The summed E-state index contributed by atoms with van der Waals surface area (Å²) in [6.07, 6.45) is 3.35. The molecule has 0 aromatic heterocycles. The van der Waals surface area contributed by atoms with Crippen molar-refractivity contribution in [3.05, 3.63) is 35.4 Å². The maximum atomic E-state index is 12.8. The van der Waals surface area contributed by atoms with Crippen molar-refractivity contribution in [2.75, 3.05) is 6.61 Å². The first-order chi connectivity index (χ1) is 11.1. The first kappa shape index (κ1) is 16.0. The summed E-state index contributed by atoms with van der Waals surface area (Å²) in [7, 11) is 0. The molecule has 1 saturated carbocycles. The Hall–Kier alpha value is -1.88. The maximum absolute atomic E-state index is 12.8. The lowest BCUT2D eigenvalue weighted by Gasteiger charge is -2.36. The maximum Gasteiger partial charge on any atom is 0.243 e. The molecule has 0 bridgehead atoms. The lowest BCUT2D eigenvalue weighted by Crippen LogP contribution is -2.54. The molecule has 2 N–H and O–H groups in total. The molecule has 0 spiro atoms. The lowest BCUT2D eigenvalue weighted by molar-refractivity contribution is -0.140. The molecular weight excluding hydrogens is 292 g/mol. The zero-order valence-electron chi connectivity index (χ0n) is 13.5. The number of carbonyl (C=O) groups is 2. The van der Waals surface area contributed by atoms with Gasteiger partial charge in [-0.2, -0.15) is 0 Å². The minimum absolute atomic E-state index is 0.0264. The molecule has 2 aliphatic rings. The molecule has 2 unspecified atom stereocenters. The first-order valence-corrected chi connectivity index (χ1v) is 8.35. The van der Waals surface area contributed by atoms with Crippen LogP contribution < -0.4 is 5.32 Å². The van der Waals surface area contributed by atoms with Crippen molar-refractivity contribution in [1.82, 2.24) is 10.2 Å². The number of amides is 2. The number of benzene rings is 1. The number of nitrogens with one attached hydrogen (secondary N) is 1. The predicted octanol–water partition coefficient (Wildman–Crippen LogP) is 1.24. The van der Waals surface area contributed by atoms with E-state index in [4.69, 9.17) is 0 Å². The van der Waals surface area contributed by atoms with Crippen molar-refractivity contribution in [2.24, 2.45) is 5.92 Å². The zero-order valence-corrected chi connectivity index (χ0v) is 13.5. The fraction of sp³-hybridized carbons (Fsp3) is 0.556. The number of hydrogen-bond acceptors (Lipinski definition) is 3. The van der Waals surface area contributed by atoms with E-state index in [0.717, 1.165) is 24.0 Å². The van der Waals surface area contributed by atoms with E-state index in [9.17, 15) is 14.7 Å². The smallest absolute Gasteiger partial charge is 0.243 e. The van der Waals surface area contributed by atoms with Gasteiger partial charge in [-0.3, -0.25) is 9.59 Å². The second-order valence-corrected chi connectivity index (χ2v) is 6.60. The van der Waals surface area contributed by atoms with Gasteiger partial charge in [0.2, 0.25) is 11.8 Å². The van der Waals surface area contributed by atoms with Crippen LogP contribution in [0.15, 0.2) is 24.3 Å². The lowest BCUT2D eigenvalue weighted by atomic mass is 9.93. The predicted molar refractivity (Wildman–Crippen MR) is 86.5 cm³/mol. The average Bonchev–Trinajstić information content (AvgIpc) is 3.38. The highest BCUT2D eigenvalue weighted by Crippen LogP contribution is 2.34. The van der Waals surface area contributed by atoms with Crippen LogP contribution in [0.3, 0.4) is 0 Å². The van der Waals surface area contributed by atoms with Crippen LogP contribution in [-0.4, -0.2) is 40.5 Å². The molecule has 1 aromatic carbocycles. The van der Waals surface area contributed by atoms with Crippen molar-refractivity contribution < 1.29 is 14.7 Å². The molecular formula is C18H24N2O3. The molecule has 2 atom stereocenters. The molecule has 0 radical (unpaired) electrons. The van der Waals surface area contributed by atoms with Crippen LogP contribution in [-0.2, 0) is 22.6 Å². The number of carbonyl (C=O) groups excluding carboxylic acids is 2. The molecule has 1 heterocycles. The molecule has 5 heteroatoms. The molecule has 23 heavy (non-hydrogen) atoms. The summed E-state index contributed by atoms with van der Waals surface area (Å²) in [6, 6.07) is 7.54. The molecule has 1 fully saturated rings. The number of fused-ring (bicyclic) bond motifs is 1. The highest BCUT2D eigenvalue weighted by Gasteiger charge is 2.37. The molecule has 3 rings (SSSR count). The monoisotopic (exact) mass is 316 g/mol. The Bertz CT molecular complexity index is 598. The normalized spacial score (nSPS) is 21.5. The minimum Gasteiger partial charge on any atom is -0.396 e. The van der Waals surface area contributed by atoms with Gasteiger partial charge in [0.25, 0.3) is 0 Å². The number of nitrogens with zero attached hydrogens (tertiary/aromatic N) is 1. The Balaban J connectivity index is 1.76. The minimum atomic E-state index is -0.456. The van der Waals surface area contributed by atoms with Gasteiger partial charge in [0.1, 0.15) is 6.04 Å². The first-order valence-electron chi connectivity index (χ1n) is 8.35. The van der Waals surface area contributed by atoms with E-state index >= 15 is 0 Å². The molecule has 1 aliphatic carbocycles. The van der Waals surface area contributed by atoms with Gasteiger partial charge in [0.15, 0.2) is 0 Å². The van der Waals surface area contributed by atoms with Gasteiger partial charge in [-0.15, -0.1) is 0 Å². The van der Waals surface area contributed by atoms with Crippen LogP contribution in [0.4, 0.5) is 0 Å². The highest BCUT2D eigenvalue weighted by molar-refractivity contribution is 5.88. The van der Waals surface area contributed by atoms with Crippen molar-refractivity contribution >= 4 is 11.8 Å². The van der Waals surface area contributed by atoms with Crippen LogP contribution in [0.5, 0.6) is 0 Å². The Labute approximate surface area is 136 Å². The summed E-state index contributed by atoms with van der Waals surface area (Å²) in [5.41, 5.74) is 2.25. The summed E-state index contributed by atoms with van der Waals surface area (Å²) >= 11 is 0. The van der Waals surface area contributed by atoms with Crippen LogP contribution in [0, 0.1) is 5.92 Å². The third-order valence-corrected chi connectivity index (χ3v) is 4.91. The molecule has 5 nitrogen and oxygen atoms in total. The van der Waals surface area contributed by atoms with Crippen molar-refractivity contribution in [2.45, 2.75) is 51.2 Å². The summed E-state index contributed by atoms with van der Waals surface area (Å²) in [5, 5.41) is 12.3. The second kappa shape index (κ2) is 6.71. The van der Waals surface area contributed by atoms with Crippen molar-refractivity contribution in [1.29, 1.82) is 0 Å². The van der Waals surface area contributed by atoms with E-state index < -0.39 is 6.04 Å². The Morgan fingerprint density at radius 2 is 2.00 bits per heavy atom. The number of aliphatic hydroxyl groups is 1. The van der Waals surface area contributed by atoms with Gasteiger partial charge in [0.05, 0.1) is 0 Å². The summed E-state index contributed by atoms with van der Waals surface area (Å²) in [6.45, 7) is 2.07. The van der Waals surface area contributed by atoms with E-state index in [0.29, 0.717) is 25.3 Å². The van der Waals surface area contributed by atoms with Crippen molar-refractivity contribution in [3.63, 3.8) is 0 Å². The zero-order chi connectivity index (χ0) is 16.4. The van der Waals surface area contributed by atoms with Gasteiger partial charge in [-0.1, -0.05) is 24.3 Å². The second-order valence-electron chi connectivity index (χ2n) is 6.60. The number of aliphatic hydroxyl groups excluding tert-OH is 1. The Morgan fingerprint density at radius 3 is 2.61 bits per heavy atom. The van der Waals surface area contributed by atoms with Gasteiger partial charge >= 0.3 is 0 Å². The van der Waals surface area contributed by atoms with E-state index in [-0.39, 0.29) is 24.5 Å². The van der Waals surface area contributed by atoms with E-state index in [2.05, 4.69) is 5.32 Å². The quantitative estimate of drug-likeness (QED) is 0.858. The van der Waals surface area contributed by atoms with Crippen LogP contribution in [0.1, 0.15) is 37.3 Å². The molecule has 2 amide bonds. The third kappa shape index (κ3) is 3.55. The Kier molecular flexibility index (Phi) is 4.66. The van der Waals surface area contributed by atoms with E-state index in [1.54, 1.807) is 4.90 Å². The molecule has 1 aliphatic heterocycles.